The second kappa shape index (κ2) is 11.7. The molecule has 7 rings (SSSR count). The van der Waals surface area contributed by atoms with Crippen LogP contribution in [0.5, 0.6) is 0 Å². The lowest BCUT2D eigenvalue weighted by atomic mass is 10.0. The van der Waals surface area contributed by atoms with E-state index in [4.69, 9.17) is 33.2 Å². The van der Waals surface area contributed by atoms with Crippen molar-refractivity contribution in [1.82, 2.24) is 19.8 Å². The number of para-hydroxylation sites is 2. The highest BCUT2D eigenvalue weighted by atomic mass is 35.5. The summed E-state index contributed by atoms with van der Waals surface area (Å²) in [5, 5.41) is 2.87. The first-order chi connectivity index (χ1) is 21.4. The molecule has 6 aromatic rings. The molecule has 216 valence electrons. The lowest BCUT2D eigenvalue weighted by molar-refractivity contribution is 0.0537. The molecular weight excluding hydrogens is 591 g/mol. The van der Waals surface area contributed by atoms with Crippen molar-refractivity contribution in [3.05, 3.63) is 130 Å². The number of aromatic nitrogens is 2. The number of amides is 2. The van der Waals surface area contributed by atoms with Gasteiger partial charge in [0.1, 0.15) is 0 Å². The molecule has 6 nitrogen and oxygen atoms in total. The standard InChI is InChI=1S/C36H26Cl2N4O2/c37-25-13-9-23(10-14-25)33-21-29(27-5-1-3-7-31(27)39-33)35(43)41-17-19-42(20-18-41)36(44)30-22-34(24-11-15-26(38)16-12-24)40-32-8-4-2-6-28(30)32/h1-16,21-22H,17-20H2. The van der Waals surface area contributed by atoms with Crippen molar-refractivity contribution >= 4 is 56.8 Å². The highest BCUT2D eigenvalue weighted by Crippen LogP contribution is 2.29. The second-order valence-electron chi connectivity index (χ2n) is 10.7. The molecular formula is C36H26Cl2N4O2. The smallest absolute Gasteiger partial charge is 0.254 e. The van der Waals surface area contributed by atoms with Crippen molar-refractivity contribution in [2.45, 2.75) is 0 Å². The van der Waals surface area contributed by atoms with Gasteiger partial charge in [-0.25, -0.2) is 9.97 Å². The van der Waals surface area contributed by atoms with Crippen LogP contribution >= 0.6 is 23.2 Å². The van der Waals surface area contributed by atoms with E-state index in [-0.39, 0.29) is 11.8 Å². The molecule has 1 saturated heterocycles. The van der Waals surface area contributed by atoms with Crippen molar-refractivity contribution in [3.63, 3.8) is 0 Å². The van der Waals surface area contributed by atoms with Gasteiger partial charge in [0.15, 0.2) is 0 Å². The van der Waals surface area contributed by atoms with Crippen molar-refractivity contribution < 1.29 is 9.59 Å². The van der Waals surface area contributed by atoms with Gasteiger partial charge in [-0.15, -0.1) is 0 Å². The lowest BCUT2D eigenvalue weighted by Gasteiger charge is -2.35. The summed E-state index contributed by atoms with van der Waals surface area (Å²) in [4.78, 5) is 41.2. The molecule has 3 heterocycles. The van der Waals surface area contributed by atoms with Gasteiger partial charge in [-0.1, -0.05) is 83.9 Å². The van der Waals surface area contributed by atoms with E-state index in [0.29, 0.717) is 58.7 Å². The van der Waals surface area contributed by atoms with Gasteiger partial charge in [-0.05, 0) is 48.5 Å². The third kappa shape index (κ3) is 5.39. The summed E-state index contributed by atoms with van der Waals surface area (Å²) in [6, 6.07) is 33.9. The first-order valence-electron chi connectivity index (χ1n) is 14.3. The molecule has 0 aliphatic carbocycles. The molecule has 0 atom stereocenters. The maximum atomic E-state index is 14.0. The maximum Gasteiger partial charge on any atom is 0.254 e. The quantitative estimate of drug-likeness (QED) is 0.201. The minimum absolute atomic E-state index is 0.0784. The number of carbonyl (C=O) groups excluding carboxylic acids is 2. The van der Waals surface area contributed by atoms with Crippen LogP contribution < -0.4 is 0 Å². The second-order valence-corrected chi connectivity index (χ2v) is 11.6. The monoisotopic (exact) mass is 616 g/mol. The average Bonchev–Trinajstić information content (AvgIpc) is 3.07. The third-order valence-corrected chi connectivity index (χ3v) is 8.53. The van der Waals surface area contributed by atoms with Crippen LogP contribution in [-0.4, -0.2) is 57.8 Å². The highest BCUT2D eigenvalue weighted by Gasteiger charge is 2.28. The van der Waals surface area contributed by atoms with Gasteiger partial charge >= 0.3 is 0 Å². The number of nitrogens with zero attached hydrogens (tertiary/aromatic N) is 4. The number of hydrogen-bond acceptors (Lipinski definition) is 4. The summed E-state index contributed by atoms with van der Waals surface area (Å²) >= 11 is 12.2. The number of rotatable bonds is 4. The predicted octanol–water partition coefficient (Wildman–Crippen LogP) is 8.02. The van der Waals surface area contributed by atoms with E-state index in [2.05, 4.69) is 0 Å². The van der Waals surface area contributed by atoms with Gasteiger partial charge in [0.05, 0.1) is 33.5 Å². The van der Waals surface area contributed by atoms with Crippen LogP contribution in [0.15, 0.2) is 109 Å². The van der Waals surface area contributed by atoms with Gasteiger partial charge in [0.2, 0.25) is 0 Å². The van der Waals surface area contributed by atoms with Crippen LogP contribution in [0.2, 0.25) is 10.0 Å². The number of carbonyl (C=O) groups is 2. The van der Waals surface area contributed by atoms with Crippen LogP contribution in [-0.2, 0) is 0 Å². The predicted molar refractivity (Wildman–Crippen MR) is 176 cm³/mol. The number of fused-ring (bicyclic) bond motifs is 2. The number of piperazine rings is 1. The summed E-state index contributed by atoms with van der Waals surface area (Å²) in [6.45, 7) is 1.68. The first-order valence-corrected chi connectivity index (χ1v) is 15.1. The molecule has 2 aromatic heterocycles. The lowest BCUT2D eigenvalue weighted by Crippen LogP contribution is -2.50. The van der Waals surface area contributed by atoms with Crippen LogP contribution in [0.4, 0.5) is 0 Å². The molecule has 4 aromatic carbocycles. The van der Waals surface area contributed by atoms with Gasteiger partial charge in [-0.2, -0.15) is 0 Å². The Morgan fingerprint density at radius 3 is 1.27 bits per heavy atom. The Hall–Kier alpha value is -4.78. The van der Waals surface area contributed by atoms with Gasteiger partial charge in [0, 0.05) is 58.1 Å². The third-order valence-electron chi connectivity index (χ3n) is 8.03. The molecule has 44 heavy (non-hydrogen) atoms. The topological polar surface area (TPSA) is 66.4 Å². The van der Waals surface area contributed by atoms with E-state index in [0.717, 1.165) is 32.9 Å². The molecule has 1 aliphatic rings. The largest absolute Gasteiger partial charge is 0.335 e. The fraction of sp³-hybridized carbons (Fsp3) is 0.111. The Labute approximate surface area is 264 Å². The Morgan fingerprint density at radius 1 is 0.523 bits per heavy atom. The zero-order valence-electron chi connectivity index (χ0n) is 23.6. The fourth-order valence-electron chi connectivity index (χ4n) is 5.70. The number of halogens is 2. The minimum Gasteiger partial charge on any atom is -0.335 e. The Bertz CT molecular complexity index is 1890. The van der Waals surface area contributed by atoms with Crippen LogP contribution in [0.1, 0.15) is 20.7 Å². The van der Waals surface area contributed by atoms with Crippen molar-refractivity contribution in [3.8, 4) is 22.5 Å². The maximum absolute atomic E-state index is 14.0. The SMILES string of the molecule is O=C(c1cc(-c2ccc(Cl)cc2)nc2ccccc12)N1CCN(C(=O)c2cc(-c3ccc(Cl)cc3)nc3ccccc23)CC1. The average molecular weight is 618 g/mol. The van der Waals surface area contributed by atoms with Crippen molar-refractivity contribution in [2.75, 3.05) is 26.2 Å². The molecule has 0 spiro atoms. The van der Waals surface area contributed by atoms with E-state index in [9.17, 15) is 9.59 Å². The van der Waals surface area contributed by atoms with E-state index in [1.807, 2.05) is 119 Å². The zero-order chi connectivity index (χ0) is 30.2. The number of benzene rings is 4. The first kappa shape index (κ1) is 28.0. The molecule has 2 amide bonds. The Kier molecular flexibility index (Phi) is 7.46. The summed E-state index contributed by atoms with van der Waals surface area (Å²) in [7, 11) is 0. The summed E-state index contributed by atoms with van der Waals surface area (Å²) in [6.07, 6.45) is 0. The summed E-state index contributed by atoms with van der Waals surface area (Å²) in [5.74, 6) is -0.157. The molecule has 0 N–H and O–H groups in total. The van der Waals surface area contributed by atoms with Gasteiger partial charge in [-0.3, -0.25) is 9.59 Å². The molecule has 0 radical (unpaired) electrons. The molecule has 1 fully saturated rings. The van der Waals surface area contributed by atoms with Crippen LogP contribution in [0.25, 0.3) is 44.3 Å². The van der Waals surface area contributed by atoms with E-state index in [1.54, 1.807) is 0 Å². The molecule has 0 saturated carbocycles. The number of pyridine rings is 2. The van der Waals surface area contributed by atoms with Crippen LogP contribution in [0, 0.1) is 0 Å². The van der Waals surface area contributed by atoms with E-state index < -0.39 is 0 Å². The summed E-state index contributed by atoms with van der Waals surface area (Å²) in [5.41, 5.74) is 5.86. The van der Waals surface area contributed by atoms with Crippen LogP contribution in [0.3, 0.4) is 0 Å². The Balaban J connectivity index is 1.15. The number of hydrogen-bond donors (Lipinski definition) is 0. The van der Waals surface area contributed by atoms with E-state index in [1.165, 1.54) is 0 Å². The molecule has 0 bridgehead atoms. The normalized spacial score (nSPS) is 13.4. The minimum atomic E-state index is -0.0784. The fourth-order valence-corrected chi connectivity index (χ4v) is 5.95. The van der Waals surface area contributed by atoms with Gasteiger partial charge in [0.25, 0.3) is 11.8 Å². The molecule has 8 heteroatoms. The highest BCUT2D eigenvalue weighted by molar-refractivity contribution is 6.31. The van der Waals surface area contributed by atoms with Gasteiger partial charge < -0.3 is 9.80 Å². The van der Waals surface area contributed by atoms with Crippen molar-refractivity contribution in [2.24, 2.45) is 0 Å². The Morgan fingerprint density at radius 2 is 0.886 bits per heavy atom. The molecule has 0 unspecified atom stereocenters. The molecule has 1 aliphatic heterocycles. The summed E-state index contributed by atoms with van der Waals surface area (Å²) < 4.78 is 0. The zero-order valence-corrected chi connectivity index (χ0v) is 25.1. The van der Waals surface area contributed by atoms with Crippen molar-refractivity contribution in [1.29, 1.82) is 0 Å². The van der Waals surface area contributed by atoms with E-state index >= 15 is 0 Å².